The highest BCUT2D eigenvalue weighted by Gasteiger charge is 2.12. The van der Waals surface area contributed by atoms with Crippen LogP contribution in [0.25, 0.3) is 17.4 Å². The van der Waals surface area contributed by atoms with Crippen molar-refractivity contribution in [3.05, 3.63) is 76.0 Å². The third-order valence-electron chi connectivity index (χ3n) is 4.04. The lowest BCUT2D eigenvalue weighted by Gasteiger charge is -2.09. The van der Waals surface area contributed by atoms with Crippen LogP contribution in [0.5, 0.6) is 11.5 Å². The van der Waals surface area contributed by atoms with E-state index in [4.69, 9.17) is 42.2 Å². The van der Waals surface area contributed by atoms with Gasteiger partial charge in [-0.25, -0.2) is 4.79 Å². The zero-order valence-electron chi connectivity index (χ0n) is 15.7. The first kappa shape index (κ1) is 21.5. The zero-order chi connectivity index (χ0) is 21.7. The number of ketones is 1. The first-order valence-electron chi connectivity index (χ1n) is 8.68. The van der Waals surface area contributed by atoms with Crippen LogP contribution in [0.3, 0.4) is 0 Å². The fourth-order valence-electron chi connectivity index (χ4n) is 2.61. The normalized spacial score (nSPS) is 10.9. The third-order valence-corrected chi connectivity index (χ3v) is 4.86. The van der Waals surface area contributed by atoms with Gasteiger partial charge in [0.2, 0.25) is 0 Å². The van der Waals surface area contributed by atoms with Crippen molar-refractivity contribution in [3.63, 3.8) is 0 Å². The van der Waals surface area contributed by atoms with Crippen LogP contribution in [0.2, 0.25) is 10.0 Å². The Kier molecular flexibility index (Phi) is 6.82. The molecule has 0 atom stereocenters. The second-order valence-electron chi connectivity index (χ2n) is 6.05. The quantitative estimate of drug-likeness (QED) is 0.356. The van der Waals surface area contributed by atoms with Crippen molar-refractivity contribution in [3.8, 4) is 22.8 Å². The van der Waals surface area contributed by atoms with Crippen molar-refractivity contribution in [1.82, 2.24) is 0 Å². The Labute approximate surface area is 182 Å². The number of carbonyl (C=O) groups excluding carboxylic acids is 1. The van der Waals surface area contributed by atoms with Crippen molar-refractivity contribution >= 4 is 41.0 Å². The number of furan rings is 1. The van der Waals surface area contributed by atoms with E-state index < -0.39 is 12.6 Å². The molecule has 0 bridgehead atoms. The van der Waals surface area contributed by atoms with Crippen LogP contribution < -0.4 is 9.47 Å². The van der Waals surface area contributed by atoms with Crippen LogP contribution in [-0.2, 0) is 4.79 Å². The van der Waals surface area contributed by atoms with Gasteiger partial charge in [0, 0.05) is 11.1 Å². The predicted octanol–water partition coefficient (Wildman–Crippen LogP) is 5.62. The van der Waals surface area contributed by atoms with Crippen LogP contribution in [0.4, 0.5) is 0 Å². The maximum Gasteiger partial charge on any atom is 0.341 e. The molecule has 0 radical (unpaired) electrons. The number of rotatable bonds is 8. The minimum Gasteiger partial charge on any atom is -0.493 e. The molecule has 0 amide bonds. The highest BCUT2D eigenvalue weighted by molar-refractivity contribution is 6.43. The molecule has 3 aromatic rings. The van der Waals surface area contributed by atoms with E-state index in [1.54, 1.807) is 30.3 Å². The van der Waals surface area contributed by atoms with Gasteiger partial charge < -0.3 is 19.0 Å². The first-order chi connectivity index (χ1) is 14.4. The van der Waals surface area contributed by atoms with E-state index in [0.29, 0.717) is 32.7 Å². The number of hydrogen-bond donors (Lipinski definition) is 1. The number of ether oxygens (including phenoxy) is 2. The van der Waals surface area contributed by atoms with Crippen LogP contribution in [0.1, 0.15) is 16.1 Å². The summed E-state index contributed by atoms with van der Waals surface area (Å²) >= 11 is 12.2. The van der Waals surface area contributed by atoms with Crippen LogP contribution in [0, 0.1) is 0 Å². The van der Waals surface area contributed by atoms with E-state index in [2.05, 4.69) is 0 Å². The Bertz CT molecular complexity index is 1120. The summed E-state index contributed by atoms with van der Waals surface area (Å²) in [4.78, 5) is 23.1. The zero-order valence-corrected chi connectivity index (χ0v) is 17.2. The molecule has 1 aromatic heterocycles. The average molecular weight is 447 g/mol. The Hall–Kier alpha value is -3.22. The Balaban J connectivity index is 1.75. The number of aliphatic carboxylic acids is 1. The Morgan fingerprint density at radius 1 is 1.10 bits per heavy atom. The van der Waals surface area contributed by atoms with Gasteiger partial charge in [-0.05, 0) is 54.6 Å². The Morgan fingerprint density at radius 3 is 2.63 bits per heavy atom. The summed E-state index contributed by atoms with van der Waals surface area (Å²) in [6.45, 7) is -0.513. The molecule has 2 aromatic carbocycles. The fraction of sp³-hybridized carbons (Fsp3) is 0.0909. The van der Waals surface area contributed by atoms with Crippen LogP contribution >= 0.6 is 23.2 Å². The molecule has 0 unspecified atom stereocenters. The van der Waals surface area contributed by atoms with Crippen LogP contribution in [0.15, 0.2) is 59.0 Å². The van der Waals surface area contributed by atoms with E-state index >= 15 is 0 Å². The molecule has 0 saturated heterocycles. The van der Waals surface area contributed by atoms with Gasteiger partial charge in [-0.2, -0.15) is 0 Å². The van der Waals surface area contributed by atoms with Gasteiger partial charge in [0.15, 0.2) is 23.9 Å². The standard InChI is InChI=1S/C22H16Cl2O6/c1-28-20-11-13(5-9-19(20)29-12-21(26)27)17(25)8-6-14-7-10-18(30-14)15-3-2-4-16(23)22(15)24/h2-11H,12H2,1H3,(H,26,27). The molecular formula is C22H16Cl2O6. The summed E-state index contributed by atoms with van der Waals surface area (Å²) in [5.74, 6) is 0.0636. The lowest BCUT2D eigenvalue weighted by Crippen LogP contribution is -2.10. The molecule has 6 nitrogen and oxygen atoms in total. The maximum absolute atomic E-state index is 12.5. The molecule has 3 rings (SSSR count). The van der Waals surface area contributed by atoms with Gasteiger partial charge in [-0.1, -0.05) is 29.3 Å². The summed E-state index contributed by atoms with van der Waals surface area (Å²) in [5, 5.41) is 9.52. The Morgan fingerprint density at radius 2 is 1.90 bits per heavy atom. The number of benzene rings is 2. The highest BCUT2D eigenvalue weighted by atomic mass is 35.5. The summed E-state index contributed by atoms with van der Waals surface area (Å²) in [5.41, 5.74) is 0.993. The van der Waals surface area contributed by atoms with Gasteiger partial charge in [-0.3, -0.25) is 4.79 Å². The van der Waals surface area contributed by atoms with Crippen molar-refractivity contribution in [1.29, 1.82) is 0 Å². The molecule has 154 valence electrons. The summed E-state index contributed by atoms with van der Waals surface area (Å²) in [7, 11) is 1.40. The average Bonchev–Trinajstić information content (AvgIpc) is 3.21. The predicted molar refractivity (Wildman–Crippen MR) is 114 cm³/mol. The number of hydrogen-bond acceptors (Lipinski definition) is 5. The fourth-order valence-corrected chi connectivity index (χ4v) is 3.01. The summed E-state index contributed by atoms with van der Waals surface area (Å²) in [6, 6.07) is 13.2. The van der Waals surface area contributed by atoms with E-state index in [-0.39, 0.29) is 17.3 Å². The highest BCUT2D eigenvalue weighted by Crippen LogP contribution is 2.34. The van der Waals surface area contributed by atoms with E-state index in [0.717, 1.165) is 0 Å². The molecule has 0 aliphatic carbocycles. The van der Waals surface area contributed by atoms with Crippen molar-refractivity contribution < 1.29 is 28.6 Å². The number of methoxy groups -OCH3 is 1. The minimum absolute atomic E-state index is 0.231. The SMILES string of the molecule is COc1cc(C(=O)C=Cc2ccc(-c3cccc(Cl)c3Cl)o2)ccc1OCC(=O)O. The molecule has 0 aliphatic heterocycles. The first-order valence-corrected chi connectivity index (χ1v) is 9.44. The lowest BCUT2D eigenvalue weighted by atomic mass is 10.1. The molecule has 0 fully saturated rings. The van der Waals surface area contributed by atoms with Crippen LogP contribution in [-0.4, -0.2) is 30.6 Å². The van der Waals surface area contributed by atoms with Crippen molar-refractivity contribution in [2.24, 2.45) is 0 Å². The maximum atomic E-state index is 12.5. The van der Waals surface area contributed by atoms with Gasteiger partial charge in [-0.15, -0.1) is 0 Å². The van der Waals surface area contributed by atoms with E-state index in [9.17, 15) is 9.59 Å². The number of halogens is 2. The second kappa shape index (κ2) is 9.52. The number of carboxylic acid groups (broad SMARTS) is 1. The topological polar surface area (TPSA) is 86.0 Å². The second-order valence-corrected chi connectivity index (χ2v) is 6.83. The molecule has 0 aliphatic rings. The largest absolute Gasteiger partial charge is 0.493 e. The van der Waals surface area contributed by atoms with Gasteiger partial charge in [0.05, 0.1) is 17.2 Å². The molecule has 0 spiro atoms. The summed E-state index contributed by atoms with van der Waals surface area (Å²) < 4.78 is 16.0. The van der Waals surface area contributed by atoms with Gasteiger partial charge in [0.1, 0.15) is 11.5 Å². The minimum atomic E-state index is -1.11. The molecule has 1 heterocycles. The molecule has 0 saturated carbocycles. The molecule has 30 heavy (non-hydrogen) atoms. The summed E-state index contributed by atoms with van der Waals surface area (Å²) in [6.07, 6.45) is 2.89. The number of carbonyl (C=O) groups is 2. The van der Waals surface area contributed by atoms with Crippen molar-refractivity contribution in [2.45, 2.75) is 0 Å². The van der Waals surface area contributed by atoms with E-state index in [1.165, 1.54) is 37.5 Å². The van der Waals surface area contributed by atoms with Crippen molar-refractivity contribution in [2.75, 3.05) is 13.7 Å². The monoisotopic (exact) mass is 446 g/mol. The third kappa shape index (κ3) is 5.03. The molecular weight excluding hydrogens is 431 g/mol. The van der Waals surface area contributed by atoms with E-state index in [1.807, 2.05) is 0 Å². The smallest absolute Gasteiger partial charge is 0.341 e. The molecule has 1 N–H and O–H groups in total. The number of carboxylic acids is 1. The lowest BCUT2D eigenvalue weighted by molar-refractivity contribution is -0.139. The van der Waals surface area contributed by atoms with Gasteiger partial charge in [0.25, 0.3) is 0 Å². The molecule has 8 heteroatoms. The van der Waals surface area contributed by atoms with Gasteiger partial charge >= 0.3 is 5.97 Å². The number of allylic oxidation sites excluding steroid dienone is 1.